The van der Waals surface area contributed by atoms with Gasteiger partial charge in [0, 0.05) is 31.6 Å². The van der Waals surface area contributed by atoms with E-state index in [2.05, 4.69) is 39.9 Å². The molecule has 2 heterocycles. The number of sulfonamides is 1. The molecule has 0 atom stereocenters. The van der Waals surface area contributed by atoms with E-state index in [1.54, 1.807) is 13.1 Å². The molecule has 0 spiro atoms. The normalized spacial score (nSPS) is 16.0. The Balaban J connectivity index is 1.45. The standard InChI is InChI=1S/C20H28N4O3S2/c1-21-20(22-11-5-8-17-6-3-2-4-7-17)23-16-18-9-10-19(28-18)29(25,26)24-12-14-27-15-13-24/h2-4,6-7,9-10H,5,8,11-16H2,1H3,(H2,21,22,23). The van der Waals surface area contributed by atoms with E-state index < -0.39 is 10.0 Å². The van der Waals surface area contributed by atoms with Crippen molar-refractivity contribution in [2.45, 2.75) is 23.6 Å². The summed E-state index contributed by atoms with van der Waals surface area (Å²) in [6.45, 7) is 3.06. The highest BCUT2D eigenvalue weighted by atomic mass is 32.2. The third-order valence-electron chi connectivity index (χ3n) is 4.63. The minimum Gasteiger partial charge on any atom is -0.379 e. The van der Waals surface area contributed by atoms with E-state index in [1.807, 2.05) is 12.1 Å². The molecule has 7 nitrogen and oxygen atoms in total. The molecule has 1 saturated heterocycles. The van der Waals surface area contributed by atoms with Crippen molar-refractivity contribution in [3.05, 3.63) is 52.9 Å². The fourth-order valence-electron chi connectivity index (χ4n) is 3.04. The monoisotopic (exact) mass is 436 g/mol. The second-order valence-electron chi connectivity index (χ2n) is 6.68. The molecule has 1 aliphatic heterocycles. The van der Waals surface area contributed by atoms with Gasteiger partial charge in [-0.1, -0.05) is 30.3 Å². The number of ether oxygens (including phenoxy) is 1. The van der Waals surface area contributed by atoms with Crippen LogP contribution >= 0.6 is 11.3 Å². The van der Waals surface area contributed by atoms with Gasteiger partial charge in [-0.25, -0.2) is 8.42 Å². The Morgan fingerprint density at radius 2 is 1.90 bits per heavy atom. The van der Waals surface area contributed by atoms with Crippen molar-refractivity contribution in [3.8, 4) is 0 Å². The van der Waals surface area contributed by atoms with Gasteiger partial charge in [0.05, 0.1) is 19.8 Å². The van der Waals surface area contributed by atoms with Crippen LogP contribution < -0.4 is 10.6 Å². The summed E-state index contributed by atoms with van der Waals surface area (Å²) >= 11 is 1.30. The molecule has 29 heavy (non-hydrogen) atoms. The van der Waals surface area contributed by atoms with Gasteiger partial charge in [0.1, 0.15) is 4.21 Å². The number of nitrogens with zero attached hydrogens (tertiary/aromatic N) is 2. The SMILES string of the molecule is CN=C(NCCCc1ccccc1)NCc1ccc(S(=O)(=O)N2CCOCC2)s1. The van der Waals surface area contributed by atoms with Crippen LogP contribution in [0.25, 0.3) is 0 Å². The molecule has 1 aliphatic rings. The van der Waals surface area contributed by atoms with Gasteiger partial charge in [-0.15, -0.1) is 11.3 Å². The first kappa shape index (κ1) is 21.8. The summed E-state index contributed by atoms with van der Waals surface area (Å²) in [7, 11) is -1.70. The van der Waals surface area contributed by atoms with Crippen molar-refractivity contribution in [1.82, 2.24) is 14.9 Å². The molecular formula is C20H28N4O3S2. The Labute approximate surface area is 176 Å². The summed E-state index contributed by atoms with van der Waals surface area (Å²) in [6, 6.07) is 13.9. The van der Waals surface area contributed by atoms with Crippen LogP contribution in [-0.4, -0.2) is 58.6 Å². The number of aliphatic imine (C=N–C) groups is 1. The highest BCUT2D eigenvalue weighted by molar-refractivity contribution is 7.91. The van der Waals surface area contributed by atoms with Gasteiger partial charge in [0.25, 0.3) is 10.0 Å². The summed E-state index contributed by atoms with van der Waals surface area (Å²) in [5.41, 5.74) is 1.32. The largest absolute Gasteiger partial charge is 0.379 e. The van der Waals surface area contributed by atoms with Crippen molar-refractivity contribution in [1.29, 1.82) is 0 Å². The number of morpholine rings is 1. The molecule has 1 fully saturated rings. The second-order valence-corrected chi connectivity index (χ2v) is 10.0. The van der Waals surface area contributed by atoms with Gasteiger partial charge >= 0.3 is 0 Å². The van der Waals surface area contributed by atoms with Gasteiger partial charge in [0.15, 0.2) is 5.96 Å². The van der Waals surface area contributed by atoms with Gasteiger partial charge in [-0.05, 0) is 30.5 Å². The zero-order chi connectivity index (χ0) is 20.5. The smallest absolute Gasteiger partial charge is 0.252 e. The van der Waals surface area contributed by atoms with Gasteiger partial charge in [0.2, 0.25) is 0 Å². The molecule has 3 rings (SSSR count). The summed E-state index contributed by atoms with van der Waals surface area (Å²) < 4.78 is 32.5. The second kappa shape index (κ2) is 10.7. The molecular weight excluding hydrogens is 408 g/mol. The molecule has 2 aromatic rings. The third-order valence-corrected chi connectivity index (χ3v) is 8.08. The van der Waals surface area contributed by atoms with Crippen molar-refractivity contribution in [2.75, 3.05) is 39.9 Å². The van der Waals surface area contributed by atoms with Crippen LogP contribution in [0.1, 0.15) is 16.9 Å². The zero-order valence-corrected chi connectivity index (χ0v) is 18.3. The molecule has 0 bridgehead atoms. The molecule has 0 radical (unpaired) electrons. The highest BCUT2D eigenvalue weighted by Gasteiger charge is 2.27. The Kier molecular flexibility index (Phi) is 8.05. The molecule has 0 saturated carbocycles. The molecule has 2 N–H and O–H groups in total. The lowest BCUT2D eigenvalue weighted by Gasteiger charge is -2.25. The summed E-state index contributed by atoms with van der Waals surface area (Å²) in [5.74, 6) is 0.712. The molecule has 1 aromatic carbocycles. The first-order valence-corrected chi connectivity index (χ1v) is 12.0. The first-order valence-electron chi connectivity index (χ1n) is 9.74. The fourth-order valence-corrected chi connectivity index (χ4v) is 5.90. The maximum atomic E-state index is 12.7. The Morgan fingerprint density at radius 3 is 2.62 bits per heavy atom. The van der Waals surface area contributed by atoms with Crippen molar-refractivity contribution < 1.29 is 13.2 Å². The fraction of sp³-hybridized carbons (Fsp3) is 0.450. The molecule has 0 unspecified atom stereocenters. The van der Waals surface area contributed by atoms with Crippen LogP contribution in [0.15, 0.2) is 51.7 Å². The summed E-state index contributed by atoms with van der Waals surface area (Å²) in [5, 5.41) is 6.55. The van der Waals surface area contributed by atoms with Crippen molar-refractivity contribution >= 4 is 27.3 Å². The van der Waals surface area contributed by atoms with E-state index in [0.29, 0.717) is 43.0 Å². The number of nitrogens with one attached hydrogen (secondary N) is 2. The number of thiophene rings is 1. The molecule has 158 valence electrons. The first-order chi connectivity index (χ1) is 14.1. The third kappa shape index (κ3) is 6.27. The average molecular weight is 437 g/mol. The van der Waals surface area contributed by atoms with Crippen LogP contribution in [-0.2, 0) is 27.7 Å². The van der Waals surface area contributed by atoms with Gasteiger partial charge < -0.3 is 15.4 Å². The lowest BCUT2D eigenvalue weighted by Crippen LogP contribution is -2.40. The van der Waals surface area contributed by atoms with E-state index in [1.165, 1.54) is 21.2 Å². The van der Waals surface area contributed by atoms with E-state index in [0.717, 1.165) is 24.3 Å². The number of benzene rings is 1. The topological polar surface area (TPSA) is 83.0 Å². The molecule has 1 aromatic heterocycles. The summed E-state index contributed by atoms with van der Waals surface area (Å²) in [6.07, 6.45) is 2.02. The number of guanidine groups is 1. The number of hydrogen-bond donors (Lipinski definition) is 2. The average Bonchev–Trinajstić information content (AvgIpc) is 3.24. The quantitative estimate of drug-likeness (QED) is 0.376. The maximum Gasteiger partial charge on any atom is 0.252 e. The maximum absolute atomic E-state index is 12.7. The van der Waals surface area contributed by atoms with E-state index >= 15 is 0 Å². The van der Waals surface area contributed by atoms with Gasteiger partial charge in [-0.3, -0.25) is 4.99 Å². The number of rotatable bonds is 8. The van der Waals surface area contributed by atoms with Crippen LogP contribution in [0, 0.1) is 0 Å². The molecule has 0 amide bonds. The Bertz CT molecular complexity index is 891. The lowest BCUT2D eigenvalue weighted by molar-refractivity contribution is 0.0731. The van der Waals surface area contributed by atoms with Crippen LogP contribution in [0.2, 0.25) is 0 Å². The highest BCUT2D eigenvalue weighted by Crippen LogP contribution is 2.25. The Hall–Kier alpha value is -1.94. The van der Waals surface area contributed by atoms with E-state index in [-0.39, 0.29) is 0 Å². The summed E-state index contributed by atoms with van der Waals surface area (Å²) in [4.78, 5) is 5.18. The van der Waals surface area contributed by atoms with Gasteiger partial charge in [-0.2, -0.15) is 4.31 Å². The molecule has 0 aliphatic carbocycles. The van der Waals surface area contributed by atoms with E-state index in [4.69, 9.17) is 4.74 Å². The van der Waals surface area contributed by atoms with Crippen molar-refractivity contribution in [3.63, 3.8) is 0 Å². The predicted octanol–water partition coefficient (Wildman–Crippen LogP) is 2.07. The minimum absolute atomic E-state index is 0.377. The molecule has 9 heteroatoms. The number of hydrogen-bond acceptors (Lipinski definition) is 5. The number of aryl methyl sites for hydroxylation is 1. The Morgan fingerprint density at radius 1 is 1.14 bits per heavy atom. The minimum atomic E-state index is -3.43. The van der Waals surface area contributed by atoms with Crippen LogP contribution in [0.5, 0.6) is 0 Å². The van der Waals surface area contributed by atoms with Crippen molar-refractivity contribution in [2.24, 2.45) is 4.99 Å². The predicted molar refractivity (Wildman–Crippen MR) is 117 cm³/mol. The lowest BCUT2D eigenvalue weighted by atomic mass is 10.1. The zero-order valence-electron chi connectivity index (χ0n) is 16.6. The van der Waals surface area contributed by atoms with Crippen LogP contribution in [0.3, 0.4) is 0 Å². The van der Waals surface area contributed by atoms with E-state index in [9.17, 15) is 8.42 Å². The van der Waals surface area contributed by atoms with Crippen LogP contribution in [0.4, 0.5) is 0 Å².